The summed E-state index contributed by atoms with van der Waals surface area (Å²) in [5.74, 6) is -0.154. The largest absolute Gasteiger partial charge is 0.481 e. The molecule has 0 saturated carbocycles. The van der Waals surface area contributed by atoms with Crippen molar-refractivity contribution in [2.75, 3.05) is 0 Å². The second-order valence-corrected chi connectivity index (χ2v) is 7.31. The van der Waals surface area contributed by atoms with Crippen LogP contribution < -0.4 is 10.2 Å². The lowest BCUT2D eigenvalue weighted by molar-refractivity contribution is 0.292. The minimum Gasteiger partial charge on any atom is -0.481 e. The normalized spacial score (nSPS) is 11.0. The summed E-state index contributed by atoms with van der Waals surface area (Å²) >= 11 is 6.36. The Morgan fingerprint density at radius 2 is 1.76 bits per heavy atom. The van der Waals surface area contributed by atoms with E-state index in [4.69, 9.17) is 20.8 Å². The van der Waals surface area contributed by atoms with Crippen molar-refractivity contribution in [1.29, 1.82) is 0 Å². The topological polar surface area (TPSA) is 39.4 Å². The van der Waals surface area contributed by atoms with Gasteiger partial charge < -0.3 is 9.15 Å². The molecular formula is C24H18ClFO3. The van der Waals surface area contributed by atoms with E-state index in [-0.39, 0.29) is 23.5 Å². The maximum atomic E-state index is 14.0. The first-order chi connectivity index (χ1) is 14.0. The van der Waals surface area contributed by atoms with E-state index in [9.17, 15) is 9.18 Å². The van der Waals surface area contributed by atoms with Gasteiger partial charge in [0.25, 0.3) is 0 Å². The molecule has 0 amide bonds. The number of ether oxygens (including phenoxy) is 1. The molecule has 4 rings (SSSR count). The van der Waals surface area contributed by atoms with Crippen molar-refractivity contribution in [3.8, 4) is 17.1 Å². The summed E-state index contributed by atoms with van der Waals surface area (Å²) in [4.78, 5) is 13.4. The first kappa shape index (κ1) is 19.2. The zero-order valence-corrected chi connectivity index (χ0v) is 16.7. The van der Waals surface area contributed by atoms with E-state index in [1.54, 1.807) is 42.5 Å². The number of fused-ring (bicyclic) bond motifs is 1. The van der Waals surface area contributed by atoms with E-state index in [2.05, 4.69) is 0 Å². The molecule has 0 fully saturated rings. The van der Waals surface area contributed by atoms with Crippen molar-refractivity contribution >= 4 is 22.6 Å². The Morgan fingerprint density at radius 3 is 2.52 bits per heavy atom. The molecule has 29 heavy (non-hydrogen) atoms. The molecule has 0 aliphatic carbocycles. The maximum Gasteiger partial charge on any atom is 0.235 e. The lowest BCUT2D eigenvalue weighted by atomic mass is 10.0. The van der Waals surface area contributed by atoms with Crippen LogP contribution in [0.1, 0.15) is 16.7 Å². The van der Waals surface area contributed by atoms with E-state index in [0.717, 1.165) is 11.1 Å². The third-order valence-corrected chi connectivity index (χ3v) is 5.07. The van der Waals surface area contributed by atoms with Gasteiger partial charge in [-0.1, -0.05) is 48.0 Å². The Bertz CT molecular complexity index is 1280. The summed E-state index contributed by atoms with van der Waals surface area (Å²) in [6.45, 7) is 3.68. The van der Waals surface area contributed by atoms with Crippen molar-refractivity contribution in [3.05, 3.63) is 98.4 Å². The van der Waals surface area contributed by atoms with Crippen LogP contribution in [0, 0.1) is 19.7 Å². The Balaban J connectivity index is 1.94. The maximum absolute atomic E-state index is 14.0. The Hall–Kier alpha value is -3.11. The molecule has 0 N–H and O–H groups in total. The molecule has 0 unspecified atom stereocenters. The summed E-state index contributed by atoms with van der Waals surface area (Å²) < 4.78 is 26.0. The lowest BCUT2D eigenvalue weighted by Crippen LogP contribution is -2.12. The molecule has 0 aliphatic rings. The standard InChI is InChI=1S/C24H18ClFO3/c1-14-11-15(2)21-20(12-14)29-23(17-8-4-5-9-18(17)25)24(22(21)27)28-13-16-7-3-6-10-19(16)26/h3-12H,13H2,1-2H3. The minimum absolute atomic E-state index is 0.0146. The number of benzene rings is 3. The third-order valence-electron chi connectivity index (χ3n) is 4.74. The summed E-state index contributed by atoms with van der Waals surface area (Å²) in [5, 5.41) is 0.866. The monoisotopic (exact) mass is 408 g/mol. The quantitative estimate of drug-likeness (QED) is 0.389. The lowest BCUT2D eigenvalue weighted by Gasteiger charge is -2.14. The summed E-state index contributed by atoms with van der Waals surface area (Å²) in [6, 6.07) is 17.1. The molecule has 5 heteroatoms. The molecule has 3 nitrogen and oxygen atoms in total. The molecular weight excluding hydrogens is 391 g/mol. The molecule has 0 saturated heterocycles. The van der Waals surface area contributed by atoms with Crippen molar-refractivity contribution < 1.29 is 13.5 Å². The third kappa shape index (κ3) is 3.64. The van der Waals surface area contributed by atoms with Gasteiger partial charge in [-0.15, -0.1) is 0 Å². The van der Waals surface area contributed by atoms with Crippen molar-refractivity contribution in [2.24, 2.45) is 0 Å². The fraction of sp³-hybridized carbons (Fsp3) is 0.125. The summed E-state index contributed by atoms with van der Waals surface area (Å²) in [5.41, 5.74) is 2.79. The Kier molecular flexibility index (Phi) is 5.12. The van der Waals surface area contributed by atoms with Gasteiger partial charge in [-0.25, -0.2) is 4.39 Å². The second kappa shape index (κ2) is 7.72. The van der Waals surface area contributed by atoms with Gasteiger partial charge in [-0.05, 0) is 49.2 Å². The van der Waals surface area contributed by atoms with Crippen LogP contribution in [0.2, 0.25) is 5.02 Å². The van der Waals surface area contributed by atoms with Crippen LogP contribution in [-0.2, 0) is 6.61 Å². The molecule has 146 valence electrons. The van der Waals surface area contributed by atoms with Gasteiger partial charge >= 0.3 is 0 Å². The Labute approximate surface area is 172 Å². The highest BCUT2D eigenvalue weighted by Gasteiger charge is 2.21. The van der Waals surface area contributed by atoms with Crippen LogP contribution in [0.4, 0.5) is 4.39 Å². The fourth-order valence-corrected chi connectivity index (χ4v) is 3.61. The van der Waals surface area contributed by atoms with Crippen molar-refractivity contribution in [2.45, 2.75) is 20.5 Å². The number of rotatable bonds is 4. The summed E-state index contributed by atoms with van der Waals surface area (Å²) in [7, 11) is 0. The molecule has 1 aromatic heterocycles. The smallest absolute Gasteiger partial charge is 0.235 e. The van der Waals surface area contributed by atoms with E-state index < -0.39 is 5.82 Å². The second-order valence-electron chi connectivity index (χ2n) is 6.90. The average molecular weight is 409 g/mol. The molecule has 4 aromatic rings. The molecule has 3 aromatic carbocycles. The molecule has 0 radical (unpaired) electrons. The van der Waals surface area contributed by atoms with Gasteiger partial charge in [0.15, 0.2) is 5.76 Å². The van der Waals surface area contributed by atoms with Gasteiger partial charge in [-0.2, -0.15) is 0 Å². The fourth-order valence-electron chi connectivity index (χ4n) is 3.39. The molecule has 0 aliphatic heterocycles. The van der Waals surface area contributed by atoms with Crippen molar-refractivity contribution in [1.82, 2.24) is 0 Å². The van der Waals surface area contributed by atoms with Crippen molar-refractivity contribution in [3.63, 3.8) is 0 Å². The van der Waals surface area contributed by atoms with Gasteiger partial charge in [0, 0.05) is 11.1 Å². The molecule has 0 bridgehead atoms. The number of hydrogen-bond donors (Lipinski definition) is 0. The average Bonchev–Trinajstić information content (AvgIpc) is 2.68. The van der Waals surface area contributed by atoms with Crippen LogP contribution in [0.15, 0.2) is 69.9 Å². The number of hydrogen-bond acceptors (Lipinski definition) is 3. The van der Waals surface area contributed by atoms with E-state index in [0.29, 0.717) is 27.1 Å². The molecule has 0 atom stereocenters. The van der Waals surface area contributed by atoms with Crippen LogP contribution in [-0.4, -0.2) is 0 Å². The minimum atomic E-state index is -0.399. The predicted molar refractivity (Wildman–Crippen MR) is 113 cm³/mol. The number of halogens is 2. The van der Waals surface area contributed by atoms with E-state index in [1.165, 1.54) is 6.07 Å². The summed E-state index contributed by atoms with van der Waals surface area (Å²) in [6.07, 6.45) is 0. The molecule has 0 spiro atoms. The van der Waals surface area contributed by atoms with Crippen LogP contribution >= 0.6 is 11.6 Å². The van der Waals surface area contributed by atoms with Crippen LogP contribution in [0.25, 0.3) is 22.3 Å². The van der Waals surface area contributed by atoms with E-state index >= 15 is 0 Å². The predicted octanol–water partition coefficient (Wildman–Crippen LogP) is 6.45. The Morgan fingerprint density at radius 1 is 1.03 bits per heavy atom. The van der Waals surface area contributed by atoms with E-state index in [1.807, 2.05) is 26.0 Å². The highest BCUT2D eigenvalue weighted by Crippen LogP contribution is 2.36. The first-order valence-electron chi connectivity index (χ1n) is 9.15. The SMILES string of the molecule is Cc1cc(C)c2c(=O)c(OCc3ccccc3F)c(-c3ccccc3Cl)oc2c1. The van der Waals surface area contributed by atoms with Gasteiger partial charge in [0.2, 0.25) is 11.2 Å². The zero-order valence-electron chi connectivity index (χ0n) is 16.0. The first-order valence-corrected chi connectivity index (χ1v) is 9.52. The molecule has 1 heterocycles. The highest BCUT2D eigenvalue weighted by molar-refractivity contribution is 6.33. The van der Waals surface area contributed by atoms with Crippen LogP contribution in [0.5, 0.6) is 5.75 Å². The highest BCUT2D eigenvalue weighted by atomic mass is 35.5. The van der Waals surface area contributed by atoms with Gasteiger partial charge in [-0.3, -0.25) is 4.79 Å². The van der Waals surface area contributed by atoms with Gasteiger partial charge in [0.05, 0.1) is 10.4 Å². The number of aryl methyl sites for hydroxylation is 2. The van der Waals surface area contributed by atoms with Gasteiger partial charge in [0.1, 0.15) is 18.0 Å². The van der Waals surface area contributed by atoms with Crippen LogP contribution in [0.3, 0.4) is 0 Å². The zero-order chi connectivity index (χ0) is 20.5.